The number of amides is 2. The highest BCUT2D eigenvalue weighted by Crippen LogP contribution is 2.29. The molecule has 0 bridgehead atoms. The van der Waals surface area contributed by atoms with Gasteiger partial charge in [-0.3, -0.25) is 9.59 Å². The maximum absolute atomic E-state index is 11.9. The van der Waals surface area contributed by atoms with Gasteiger partial charge < -0.3 is 10.2 Å². The van der Waals surface area contributed by atoms with Crippen molar-refractivity contribution < 1.29 is 9.59 Å². The number of nitrogens with one attached hydrogen (secondary N) is 1. The lowest BCUT2D eigenvalue weighted by atomic mass is 10.3. The topological polar surface area (TPSA) is 49.4 Å². The number of nitrogens with zero attached hydrogens (tertiary/aromatic N) is 1. The van der Waals surface area contributed by atoms with Crippen LogP contribution < -0.4 is 5.32 Å². The van der Waals surface area contributed by atoms with Gasteiger partial charge in [0.1, 0.15) is 0 Å². The predicted molar refractivity (Wildman–Crippen MR) is 83.1 cm³/mol. The van der Waals surface area contributed by atoms with Crippen LogP contribution in [0.4, 0.5) is 0 Å². The van der Waals surface area contributed by atoms with Crippen LogP contribution in [0.25, 0.3) is 0 Å². The predicted octanol–water partition coefficient (Wildman–Crippen LogP) is 2.42. The summed E-state index contributed by atoms with van der Waals surface area (Å²) in [7, 11) is 3.39. The Morgan fingerprint density at radius 2 is 2.00 bits per heavy atom. The van der Waals surface area contributed by atoms with Crippen LogP contribution >= 0.6 is 23.4 Å². The fourth-order valence-corrected chi connectivity index (χ4v) is 2.62. The van der Waals surface area contributed by atoms with Gasteiger partial charge in [-0.05, 0) is 19.1 Å². The molecule has 0 heterocycles. The second kappa shape index (κ2) is 8.17. The van der Waals surface area contributed by atoms with Gasteiger partial charge in [-0.25, -0.2) is 0 Å². The van der Waals surface area contributed by atoms with E-state index in [0.717, 1.165) is 4.90 Å². The summed E-state index contributed by atoms with van der Waals surface area (Å²) in [4.78, 5) is 25.7. The van der Waals surface area contributed by atoms with Crippen LogP contribution in [-0.4, -0.2) is 42.6 Å². The Hall–Kier alpha value is -1.20. The van der Waals surface area contributed by atoms with Crippen molar-refractivity contribution in [3.8, 4) is 0 Å². The molecule has 1 aromatic rings. The summed E-state index contributed by atoms with van der Waals surface area (Å²) >= 11 is 7.46. The first-order valence-corrected chi connectivity index (χ1v) is 7.56. The normalized spacial score (nSPS) is 11.8. The van der Waals surface area contributed by atoms with Gasteiger partial charge in [0.15, 0.2) is 0 Å². The lowest BCUT2D eigenvalue weighted by Crippen LogP contribution is -2.34. The minimum atomic E-state index is -0.260. The van der Waals surface area contributed by atoms with Crippen LogP contribution in [0.2, 0.25) is 5.02 Å². The van der Waals surface area contributed by atoms with Gasteiger partial charge >= 0.3 is 0 Å². The van der Waals surface area contributed by atoms with Gasteiger partial charge in [-0.1, -0.05) is 23.7 Å². The van der Waals surface area contributed by atoms with Crippen molar-refractivity contribution in [2.24, 2.45) is 0 Å². The van der Waals surface area contributed by atoms with Crippen LogP contribution in [0.5, 0.6) is 0 Å². The summed E-state index contributed by atoms with van der Waals surface area (Å²) in [5.74, 6) is -0.0989. The number of carbonyl (C=O) groups is 2. The number of thioether (sulfide) groups is 1. The molecule has 0 aliphatic rings. The van der Waals surface area contributed by atoms with Crippen molar-refractivity contribution in [2.75, 3.05) is 20.6 Å². The third-order valence-corrected chi connectivity index (χ3v) is 4.27. The van der Waals surface area contributed by atoms with Crippen LogP contribution in [0.1, 0.15) is 13.3 Å². The zero-order valence-corrected chi connectivity index (χ0v) is 13.4. The summed E-state index contributed by atoms with van der Waals surface area (Å²) in [5.41, 5.74) is 0. The van der Waals surface area contributed by atoms with Crippen LogP contribution in [0.3, 0.4) is 0 Å². The van der Waals surface area contributed by atoms with E-state index in [4.69, 9.17) is 11.6 Å². The Labute approximate surface area is 128 Å². The third kappa shape index (κ3) is 5.43. The van der Waals surface area contributed by atoms with Crippen molar-refractivity contribution in [1.82, 2.24) is 10.2 Å². The lowest BCUT2D eigenvalue weighted by molar-refractivity contribution is -0.128. The van der Waals surface area contributed by atoms with Crippen LogP contribution in [0.15, 0.2) is 29.2 Å². The number of halogens is 1. The highest BCUT2D eigenvalue weighted by atomic mass is 35.5. The van der Waals surface area contributed by atoms with E-state index in [-0.39, 0.29) is 17.1 Å². The fraction of sp³-hybridized carbons (Fsp3) is 0.429. The van der Waals surface area contributed by atoms with Crippen molar-refractivity contribution in [1.29, 1.82) is 0 Å². The maximum Gasteiger partial charge on any atom is 0.233 e. The van der Waals surface area contributed by atoms with E-state index in [9.17, 15) is 9.59 Å². The first-order chi connectivity index (χ1) is 9.41. The summed E-state index contributed by atoms with van der Waals surface area (Å²) in [6.45, 7) is 2.17. The van der Waals surface area contributed by atoms with E-state index >= 15 is 0 Å². The van der Waals surface area contributed by atoms with Gasteiger partial charge in [-0.2, -0.15) is 0 Å². The van der Waals surface area contributed by atoms with E-state index in [1.54, 1.807) is 20.2 Å². The van der Waals surface area contributed by atoms with E-state index < -0.39 is 0 Å². The van der Waals surface area contributed by atoms with Crippen LogP contribution in [-0.2, 0) is 9.59 Å². The molecule has 2 amide bonds. The quantitative estimate of drug-likeness (QED) is 0.820. The highest BCUT2D eigenvalue weighted by Gasteiger charge is 2.15. The Kier molecular flexibility index (Phi) is 6.88. The molecule has 0 saturated carbocycles. The van der Waals surface area contributed by atoms with Gasteiger partial charge in [0, 0.05) is 32.0 Å². The van der Waals surface area contributed by atoms with E-state index in [1.165, 1.54) is 16.7 Å². The Bertz CT molecular complexity index is 480. The molecule has 0 aliphatic carbocycles. The second-order valence-corrected chi connectivity index (χ2v) is 6.31. The molecule has 20 heavy (non-hydrogen) atoms. The number of hydrogen-bond acceptors (Lipinski definition) is 3. The molecule has 1 atom stereocenters. The minimum absolute atomic E-state index is 0.00305. The number of carbonyl (C=O) groups excluding carboxylic acids is 2. The highest BCUT2D eigenvalue weighted by molar-refractivity contribution is 8.00. The first kappa shape index (κ1) is 16.9. The Balaban J connectivity index is 2.40. The molecule has 0 fully saturated rings. The molecular weight excluding hydrogens is 296 g/mol. The van der Waals surface area contributed by atoms with Gasteiger partial charge in [0.25, 0.3) is 0 Å². The summed E-state index contributed by atoms with van der Waals surface area (Å²) in [6, 6.07) is 7.41. The largest absolute Gasteiger partial charge is 0.355 e. The molecule has 0 radical (unpaired) electrons. The first-order valence-electron chi connectivity index (χ1n) is 6.31. The summed E-state index contributed by atoms with van der Waals surface area (Å²) in [5, 5.41) is 3.14. The molecule has 1 rings (SSSR count). The average molecular weight is 315 g/mol. The third-order valence-electron chi connectivity index (χ3n) is 2.65. The van der Waals surface area contributed by atoms with Crippen molar-refractivity contribution in [2.45, 2.75) is 23.5 Å². The smallest absolute Gasteiger partial charge is 0.233 e. The van der Waals surface area contributed by atoms with E-state index in [1.807, 2.05) is 25.1 Å². The van der Waals surface area contributed by atoms with Crippen molar-refractivity contribution in [3.05, 3.63) is 29.3 Å². The zero-order chi connectivity index (χ0) is 15.1. The number of rotatable bonds is 6. The van der Waals surface area contributed by atoms with Crippen molar-refractivity contribution >= 4 is 35.2 Å². The molecule has 110 valence electrons. The van der Waals surface area contributed by atoms with E-state index in [0.29, 0.717) is 18.0 Å². The molecule has 4 nitrogen and oxygen atoms in total. The van der Waals surface area contributed by atoms with Gasteiger partial charge in [0.05, 0.1) is 10.3 Å². The zero-order valence-electron chi connectivity index (χ0n) is 11.9. The molecule has 1 aromatic carbocycles. The fourth-order valence-electron chi connectivity index (χ4n) is 1.44. The van der Waals surface area contributed by atoms with E-state index in [2.05, 4.69) is 5.32 Å². The molecular formula is C14H19ClN2O2S. The second-order valence-electron chi connectivity index (χ2n) is 4.52. The number of hydrogen-bond donors (Lipinski definition) is 1. The lowest BCUT2D eigenvalue weighted by Gasteiger charge is -2.14. The molecule has 0 spiro atoms. The van der Waals surface area contributed by atoms with Gasteiger partial charge in [-0.15, -0.1) is 11.8 Å². The standard InChI is InChI=1S/C14H19ClN2O2S/c1-10(20-12-7-5-4-6-11(12)15)14(19)16-9-8-13(18)17(2)3/h4-7,10H,8-9H2,1-3H3,(H,16,19). The molecule has 1 N–H and O–H groups in total. The van der Waals surface area contributed by atoms with Gasteiger partial charge in [0.2, 0.25) is 11.8 Å². The molecule has 1 unspecified atom stereocenters. The SMILES string of the molecule is CC(Sc1ccccc1Cl)C(=O)NCCC(=O)N(C)C. The maximum atomic E-state index is 11.9. The van der Waals surface area contributed by atoms with Crippen LogP contribution in [0, 0.1) is 0 Å². The number of benzene rings is 1. The average Bonchev–Trinajstić information content (AvgIpc) is 2.40. The Morgan fingerprint density at radius 1 is 1.35 bits per heavy atom. The molecule has 0 saturated heterocycles. The van der Waals surface area contributed by atoms with Crippen molar-refractivity contribution in [3.63, 3.8) is 0 Å². The monoisotopic (exact) mass is 314 g/mol. The summed E-state index contributed by atoms with van der Waals surface area (Å²) < 4.78 is 0. The minimum Gasteiger partial charge on any atom is -0.355 e. The molecule has 0 aromatic heterocycles. The summed E-state index contributed by atoms with van der Waals surface area (Å²) in [6.07, 6.45) is 0.308. The molecule has 0 aliphatic heterocycles. The molecule has 6 heteroatoms. The Morgan fingerprint density at radius 3 is 2.60 bits per heavy atom.